The highest BCUT2D eigenvalue weighted by Crippen LogP contribution is 2.54. The molecule has 0 bridgehead atoms. The minimum atomic E-state index is -0.190. The fourth-order valence-corrected chi connectivity index (χ4v) is 16.3. The van der Waals surface area contributed by atoms with Gasteiger partial charge in [-0.1, -0.05) is 325 Å². The van der Waals surface area contributed by atoms with Gasteiger partial charge in [-0.3, -0.25) is 0 Å². The number of nitrogens with zero attached hydrogens (tertiary/aromatic N) is 3. The van der Waals surface area contributed by atoms with Gasteiger partial charge in [0, 0.05) is 56.0 Å². The summed E-state index contributed by atoms with van der Waals surface area (Å²) in [5.41, 5.74) is 35.8. The maximum Gasteiger partial charge on any atom is 0.252 e. The molecular formula is C102H100BN3. The number of anilines is 6. The van der Waals surface area contributed by atoms with Crippen LogP contribution in [0.3, 0.4) is 0 Å². The zero-order valence-corrected chi connectivity index (χ0v) is 65.5. The van der Waals surface area contributed by atoms with Crippen molar-refractivity contribution in [3.63, 3.8) is 0 Å². The van der Waals surface area contributed by atoms with Crippen LogP contribution in [0.25, 0.3) is 94.3 Å². The van der Waals surface area contributed by atoms with Gasteiger partial charge in [-0.2, -0.15) is 0 Å². The Morgan fingerprint density at radius 2 is 0.585 bits per heavy atom. The predicted molar refractivity (Wildman–Crippen MR) is 460 cm³/mol. The highest BCUT2D eigenvalue weighted by atomic mass is 15.2. The van der Waals surface area contributed by atoms with E-state index in [9.17, 15) is 0 Å². The molecule has 0 atom stereocenters. The van der Waals surface area contributed by atoms with Crippen molar-refractivity contribution in [3.05, 3.63) is 312 Å². The van der Waals surface area contributed by atoms with Gasteiger partial charge in [0.05, 0.1) is 16.7 Å². The summed E-state index contributed by atoms with van der Waals surface area (Å²) >= 11 is 0. The lowest BCUT2D eigenvalue weighted by atomic mass is 9.33. The number of hydrogen-bond acceptors (Lipinski definition) is 2. The average Bonchev–Trinajstić information content (AvgIpc) is 0.888. The molecule has 3 nitrogen and oxygen atoms in total. The van der Waals surface area contributed by atoms with Crippen LogP contribution < -0.4 is 26.2 Å². The summed E-state index contributed by atoms with van der Waals surface area (Å²) in [6.07, 6.45) is 0. The molecule has 0 radical (unpaired) electrons. The molecule has 3 heterocycles. The molecule has 526 valence electrons. The van der Waals surface area contributed by atoms with Crippen molar-refractivity contribution >= 4 is 79.0 Å². The first-order valence-electron chi connectivity index (χ1n) is 38.3. The van der Waals surface area contributed by atoms with E-state index in [0.717, 1.165) is 67.5 Å². The second kappa shape index (κ2) is 25.5. The van der Waals surface area contributed by atoms with Gasteiger partial charge in [-0.25, -0.2) is 0 Å². The summed E-state index contributed by atoms with van der Waals surface area (Å²) < 4.78 is 2.42. The van der Waals surface area contributed by atoms with Crippen LogP contribution in [0.15, 0.2) is 279 Å². The molecule has 14 aromatic rings. The number of fused-ring (bicyclic) bond motifs is 7. The Kier molecular flexibility index (Phi) is 16.8. The van der Waals surface area contributed by atoms with Crippen LogP contribution in [0.5, 0.6) is 0 Å². The van der Waals surface area contributed by atoms with Crippen molar-refractivity contribution in [2.24, 2.45) is 0 Å². The molecule has 106 heavy (non-hydrogen) atoms. The Labute approximate surface area is 631 Å². The standard InChI is InChI=1S/C102H100BN3/c1-97(2,3)75-45-38-65(39-46-75)74-59-93-95-94(60-74)106(96-84(67-30-22-19-23-31-67)63-80(102(16,17)18)64-85(96)68-32-24-20-25-33-68)92-57-70(69-44-51-90-86(56-69)83-36-28-29-37-89(83)104(90)81-34-26-21-27-35-81)42-49-88(92)103(95)87-50-43-71(73-54-78(100(10,11)12)62-79(55-73)101(13,14)15)58-91(87)105(93)82-47-40-66(41-48-82)72-52-76(98(4,5)6)61-77(53-72)99(7,8)9/h19-64H,1-18H3. The predicted octanol–water partition coefficient (Wildman–Crippen LogP) is 26.7. The number of rotatable bonds is 9. The lowest BCUT2D eigenvalue weighted by molar-refractivity contribution is 0.568. The third kappa shape index (κ3) is 12.6. The monoisotopic (exact) mass is 1380 g/mol. The highest BCUT2D eigenvalue weighted by Gasteiger charge is 2.45. The van der Waals surface area contributed by atoms with Crippen molar-refractivity contribution in [1.29, 1.82) is 0 Å². The normalized spacial score (nSPS) is 13.3. The third-order valence-corrected chi connectivity index (χ3v) is 22.7. The van der Waals surface area contributed by atoms with Crippen LogP contribution in [0.2, 0.25) is 0 Å². The van der Waals surface area contributed by atoms with Crippen molar-refractivity contribution in [2.45, 2.75) is 157 Å². The molecule has 0 saturated carbocycles. The number of benzene rings is 13. The Balaban J connectivity index is 1.03. The molecule has 2 aliphatic rings. The van der Waals surface area contributed by atoms with Crippen molar-refractivity contribution in [1.82, 2.24) is 4.57 Å². The molecule has 13 aromatic carbocycles. The fraction of sp³-hybridized carbons (Fsp3) is 0.235. The molecule has 1 aromatic heterocycles. The van der Waals surface area contributed by atoms with Gasteiger partial charge in [0.1, 0.15) is 0 Å². The van der Waals surface area contributed by atoms with E-state index >= 15 is 0 Å². The average molecular weight is 1380 g/mol. The maximum absolute atomic E-state index is 2.72. The molecule has 4 heteroatoms. The minimum absolute atomic E-state index is 0.0366. The summed E-state index contributed by atoms with van der Waals surface area (Å²) in [5, 5.41) is 2.45. The molecule has 2 aliphatic heterocycles. The zero-order chi connectivity index (χ0) is 74.3. The van der Waals surface area contributed by atoms with Gasteiger partial charge in [0.25, 0.3) is 6.71 Å². The minimum Gasteiger partial charge on any atom is -0.311 e. The molecule has 16 rings (SSSR count). The van der Waals surface area contributed by atoms with Crippen molar-refractivity contribution < 1.29 is 0 Å². The quantitative estimate of drug-likeness (QED) is 0.133. The molecule has 0 fully saturated rings. The summed E-state index contributed by atoms with van der Waals surface area (Å²) in [6, 6.07) is 108. The molecule has 0 spiro atoms. The Hall–Kier alpha value is -10.7. The maximum atomic E-state index is 2.72. The van der Waals surface area contributed by atoms with Crippen LogP contribution in [0.4, 0.5) is 34.1 Å². The van der Waals surface area contributed by atoms with E-state index in [4.69, 9.17) is 0 Å². The van der Waals surface area contributed by atoms with E-state index in [1.54, 1.807) is 0 Å². The third-order valence-electron chi connectivity index (χ3n) is 22.7. The highest BCUT2D eigenvalue weighted by molar-refractivity contribution is 7.00. The lowest BCUT2D eigenvalue weighted by Gasteiger charge is -2.45. The van der Waals surface area contributed by atoms with E-state index in [0.29, 0.717) is 0 Å². The zero-order valence-electron chi connectivity index (χ0n) is 65.5. The van der Waals surface area contributed by atoms with Crippen LogP contribution in [0, 0.1) is 0 Å². The Bertz CT molecular complexity index is 5610. The molecule has 0 amide bonds. The topological polar surface area (TPSA) is 11.4 Å². The fourth-order valence-electron chi connectivity index (χ4n) is 16.3. The van der Waals surface area contributed by atoms with Crippen LogP contribution in [-0.2, 0) is 32.5 Å². The lowest BCUT2D eigenvalue weighted by Crippen LogP contribution is -2.61. The van der Waals surface area contributed by atoms with Crippen molar-refractivity contribution in [3.8, 4) is 72.4 Å². The second-order valence-corrected chi connectivity index (χ2v) is 36.4. The Morgan fingerprint density at radius 1 is 0.226 bits per heavy atom. The first kappa shape index (κ1) is 69.7. The number of para-hydroxylation sites is 2. The largest absolute Gasteiger partial charge is 0.311 e. The summed E-state index contributed by atoms with van der Waals surface area (Å²) in [4.78, 5) is 5.37. The van der Waals surface area contributed by atoms with Crippen LogP contribution in [-0.4, -0.2) is 11.3 Å². The van der Waals surface area contributed by atoms with Gasteiger partial charge in [-0.05, 0) is 217 Å². The van der Waals surface area contributed by atoms with Crippen LogP contribution in [0.1, 0.15) is 158 Å². The van der Waals surface area contributed by atoms with E-state index < -0.39 is 0 Å². The molecular weight excluding hydrogens is 1280 g/mol. The first-order chi connectivity index (χ1) is 50.3. The van der Waals surface area contributed by atoms with E-state index in [1.165, 1.54) is 111 Å². The molecule has 0 unspecified atom stereocenters. The molecule has 0 aliphatic carbocycles. The number of aromatic nitrogens is 1. The van der Waals surface area contributed by atoms with Crippen LogP contribution >= 0.6 is 0 Å². The van der Waals surface area contributed by atoms with E-state index in [1.807, 2.05) is 0 Å². The van der Waals surface area contributed by atoms with Gasteiger partial charge >= 0.3 is 0 Å². The van der Waals surface area contributed by atoms with E-state index in [2.05, 4.69) is 418 Å². The summed E-state index contributed by atoms with van der Waals surface area (Å²) in [5.74, 6) is 0. The smallest absolute Gasteiger partial charge is 0.252 e. The Morgan fingerprint density at radius 3 is 1.08 bits per heavy atom. The molecule has 0 saturated heterocycles. The van der Waals surface area contributed by atoms with Gasteiger partial charge in [-0.15, -0.1) is 0 Å². The summed E-state index contributed by atoms with van der Waals surface area (Å²) in [6.45, 7) is 42.0. The van der Waals surface area contributed by atoms with Gasteiger partial charge in [0.15, 0.2) is 0 Å². The molecule has 0 N–H and O–H groups in total. The number of hydrogen-bond donors (Lipinski definition) is 0. The van der Waals surface area contributed by atoms with Crippen molar-refractivity contribution in [2.75, 3.05) is 9.80 Å². The second-order valence-electron chi connectivity index (χ2n) is 36.4. The van der Waals surface area contributed by atoms with E-state index in [-0.39, 0.29) is 39.2 Å². The first-order valence-corrected chi connectivity index (χ1v) is 38.3. The SMILES string of the molecule is CC(C)(C)c1ccc(-c2cc3c4c(c2)N(c2c(-c5ccccc5)cc(C(C)(C)C)cc2-c2ccccc2)c2cc(-c5ccc6c(c5)c5ccccc5n6-c5ccccc5)ccc2B4c2ccc(-c4cc(C(C)(C)C)cc(C(C)(C)C)c4)cc2N3c2ccc(-c3cc(C(C)(C)C)cc(C(C)(C)C)c3)cc2)cc1. The van der Waals surface area contributed by atoms with Gasteiger partial charge < -0.3 is 14.4 Å². The van der Waals surface area contributed by atoms with Gasteiger partial charge in [0.2, 0.25) is 0 Å². The summed E-state index contributed by atoms with van der Waals surface area (Å²) in [7, 11) is 0.